The first-order valence-corrected chi connectivity index (χ1v) is 7.50. The van der Waals surface area contributed by atoms with E-state index in [0.29, 0.717) is 6.42 Å². The third kappa shape index (κ3) is 4.94. The van der Waals surface area contributed by atoms with Crippen molar-refractivity contribution in [1.82, 2.24) is 4.90 Å². The molecule has 20 heavy (non-hydrogen) atoms. The quantitative estimate of drug-likeness (QED) is 0.867. The molecule has 110 valence electrons. The fourth-order valence-electron chi connectivity index (χ4n) is 2.63. The van der Waals surface area contributed by atoms with Crippen LogP contribution in [0.3, 0.4) is 0 Å². The number of benzene rings is 1. The van der Waals surface area contributed by atoms with Gasteiger partial charge in [0, 0.05) is 24.7 Å². The van der Waals surface area contributed by atoms with Crippen LogP contribution in [0.1, 0.15) is 38.2 Å². The average molecular weight is 275 g/mol. The summed E-state index contributed by atoms with van der Waals surface area (Å²) >= 11 is 0. The highest BCUT2D eigenvalue weighted by Crippen LogP contribution is 2.16. The van der Waals surface area contributed by atoms with Gasteiger partial charge >= 0.3 is 0 Å². The molecule has 0 radical (unpaired) electrons. The summed E-state index contributed by atoms with van der Waals surface area (Å²) < 4.78 is 0. The van der Waals surface area contributed by atoms with Crippen molar-refractivity contribution < 1.29 is 4.79 Å². The van der Waals surface area contributed by atoms with Crippen molar-refractivity contribution in [2.24, 2.45) is 5.73 Å². The molecule has 1 saturated heterocycles. The van der Waals surface area contributed by atoms with Gasteiger partial charge in [-0.1, -0.05) is 18.6 Å². The van der Waals surface area contributed by atoms with Crippen LogP contribution in [0.2, 0.25) is 0 Å². The molecule has 0 aliphatic carbocycles. The van der Waals surface area contributed by atoms with Gasteiger partial charge in [0.05, 0.1) is 0 Å². The second-order valence-corrected chi connectivity index (χ2v) is 5.77. The first-order chi connectivity index (χ1) is 9.63. The predicted molar refractivity (Wildman–Crippen MR) is 82.5 cm³/mol. The molecule has 1 unspecified atom stereocenters. The number of hydrogen-bond donors (Lipinski definition) is 2. The molecule has 0 bridgehead atoms. The van der Waals surface area contributed by atoms with Crippen LogP contribution >= 0.6 is 0 Å². The molecule has 1 amide bonds. The zero-order valence-corrected chi connectivity index (χ0v) is 12.3. The average Bonchev–Trinajstić information content (AvgIpc) is 2.39. The van der Waals surface area contributed by atoms with E-state index < -0.39 is 0 Å². The molecule has 1 atom stereocenters. The largest absolute Gasteiger partial charge is 0.327 e. The highest BCUT2D eigenvalue weighted by atomic mass is 16.1. The predicted octanol–water partition coefficient (Wildman–Crippen LogP) is 2.35. The Morgan fingerprint density at radius 1 is 1.35 bits per heavy atom. The number of amides is 1. The summed E-state index contributed by atoms with van der Waals surface area (Å²) in [7, 11) is 0. The van der Waals surface area contributed by atoms with Crippen molar-refractivity contribution in [2.45, 2.75) is 45.2 Å². The lowest BCUT2D eigenvalue weighted by molar-refractivity contribution is -0.116. The number of carbonyl (C=O) groups excluding carboxylic acids is 1. The van der Waals surface area contributed by atoms with Crippen LogP contribution in [-0.2, 0) is 11.3 Å². The van der Waals surface area contributed by atoms with Crippen LogP contribution in [0, 0.1) is 0 Å². The molecule has 4 nitrogen and oxygen atoms in total. The molecular weight excluding hydrogens is 250 g/mol. The molecule has 1 fully saturated rings. The minimum Gasteiger partial charge on any atom is -0.327 e. The number of anilines is 1. The van der Waals surface area contributed by atoms with Gasteiger partial charge in [0.2, 0.25) is 5.91 Å². The second-order valence-electron chi connectivity index (χ2n) is 5.77. The molecule has 1 aromatic rings. The van der Waals surface area contributed by atoms with E-state index in [1.54, 1.807) is 0 Å². The lowest BCUT2D eigenvalue weighted by Gasteiger charge is -2.26. The van der Waals surface area contributed by atoms with E-state index in [1.807, 2.05) is 19.1 Å². The maximum Gasteiger partial charge on any atom is 0.225 e. The number of carbonyl (C=O) groups is 1. The minimum absolute atomic E-state index is 0.0184. The summed E-state index contributed by atoms with van der Waals surface area (Å²) in [5.74, 6) is -0.0184. The summed E-state index contributed by atoms with van der Waals surface area (Å²) in [4.78, 5) is 14.2. The topological polar surface area (TPSA) is 58.4 Å². The Labute approximate surface area is 121 Å². The van der Waals surface area contributed by atoms with E-state index in [9.17, 15) is 4.79 Å². The molecule has 2 rings (SSSR count). The molecule has 1 aliphatic heterocycles. The monoisotopic (exact) mass is 275 g/mol. The molecular formula is C16H25N3O. The van der Waals surface area contributed by atoms with Crippen LogP contribution in [0.5, 0.6) is 0 Å². The van der Waals surface area contributed by atoms with Crippen molar-refractivity contribution in [2.75, 3.05) is 18.4 Å². The van der Waals surface area contributed by atoms with Crippen LogP contribution in [0.15, 0.2) is 24.3 Å². The fourth-order valence-corrected chi connectivity index (χ4v) is 2.63. The Morgan fingerprint density at radius 2 is 2.10 bits per heavy atom. The van der Waals surface area contributed by atoms with Crippen LogP contribution in [-0.4, -0.2) is 29.9 Å². The number of hydrogen-bond acceptors (Lipinski definition) is 3. The Kier molecular flexibility index (Phi) is 5.56. The maximum absolute atomic E-state index is 11.7. The Hall–Kier alpha value is -1.39. The van der Waals surface area contributed by atoms with E-state index in [-0.39, 0.29) is 11.9 Å². The van der Waals surface area contributed by atoms with Gasteiger partial charge in [-0.2, -0.15) is 0 Å². The van der Waals surface area contributed by atoms with Crippen molar-refractivity contribution in [1.29, 1.82) is 0 Å². The molecule has 4 heteroatoms. The molecule has 0 spiro atoms. The Morgan fingerprint density at radius 3 is 2.80 bits per heavy atom. The number of nitrogens with one attached hydrogen (secondary N) is 1. The third-order valence-corrected chi connectivity index (χ3v) is 3.57. The minimum atomic E-state index is -0.105. The van der Waals surface area contributed by atoms with Gasteiger partial charge in [0.25, 0.3) is 0 Å². The van der Waals surface area contributed by atoms with Crippen molar-refractivity contribution in [3.8, 4) is 0 Å². The molecule has 1 aromatic carbocycles. The highest BCUT2D eigenvalue weighted by molar-refractivity contribution is 5.91. The van der Waals surface area contributed by atoms with Crippen LogP contribution < -0.4 is 11.1 Å². The van der Waals surface area contributed by atoms with E-state index in [0.717, 1.165) is 12.2 Å². The van der Waals surface area contributed by atoms with Crippen LogP contribution in [0.25, 0.3) is 0 Å². The molecule has 0 saturated carbocycles. The zero-order valence-electron chi connectivity index (χ0n) is 12.3. The van der Waals surface area contributed by atoms with Gasteiger partial charge in [-0.15, -0.1) is 0 Å². The first kappa shape index (κ1) is 15.0. The maximum atomic E-state index is 11.7. The first-order valence-electron chi connectivity index (χ1n) is 7.50. The van der Waals surface area contributed by atoms with E-state index in [1.165, 1.54) is 37.9 Å². The standard InChI is InChI=1S/C16H25N3O/c1-13(17)10-16(20)18-15-7-5-6-14(11-15)12-19-8-3-2-4-9-19/h5-7,11,13H,2-4,8-10,12,17H2,1H3,(H,18,20). The molecule has 3 N–H and O–H groups in total. The number of likely N-dealkylation sites (tertiary alicyclic amines) is 1. The highest BCUT2D eigenvalue weighted by Gasteiger charge is 2.11. The van der Waals surface area contributed by atoms with Crippen molar-refractivity contribution in [3.05, 3.63) is 29.8 Å². The smallest absolute Gasteiger partial charge is 0.225 e. The van der Waals surface area contributed by atoms with Gasteiger partial charge in [-0.25, -0.2) is 0 Å². The van der Waals surface area contributed by atoms with Gasteiger partial charge in [0.15, 0.2) is 0 Å². The van der Waals surface area contributed by atoms with Crippen molar-refractivity contribution in [3.63, 3.8) is 0 Å². The zero-order chi connectivity index (χ0) is 14.4. The molecule has 1 aliphatic rings. The van der Waals surface area contributed by atoms with Gasteiger partial charge < -0.3 is 11.1 Å². The van der Waals surface area contributed by atoms with Gasteiger partial charge in [-0.05, 0) is 50.6 Å². The number of nitrogens with two attached hydrogens (primary N) is 1. The third-order valence-electron chi connectivity index (χ3n) is 3.57. The van der Waals surface area contributed by atoms with Gasteiger partial charge in [0.1, 0.15) is 0 Å². The summed E-state index contributed by atoms with van der Waals surface area (Å²) in [6, 6.07) is 8.01. The lowest BCUT2D eigenvalue weighted by atomic mass is 10.1. The van der Waals surface area contributed by atoms with Gasteiger partial charge in [-0.3, -0.25) is 9.69 Å². The summed E-state index contributed by atoms with van der Waals surface area (Å²) in [5, 5.41) is 2.91. The molecule has 1 heterocycles. The Balaban J connectivity index is 1.91. The second kappa shape index (κ2) is 7.41. The SMILES string of the molecule is CC(N)CC(=O)Nc1cccc(CN2CCCCC2)c1. The summed E-state index contributed by atoms with van der Waals surface area (Å²) in [6.45, 7) is 5.17. The number of piperidine rings is 1. The molecule has 0 aromatic heterocycles. The normalized spacial score (nSPS) is 17.7. The van der Waals surface area contributed by atoms with E-state index in [2.05, 4.69) is 22.3 Å². The number of nitrogens with zero attached hydrogens (tertiary/aromatic N) is 1. The fraction of sp³-hybridized carbons (Fsp3) is 0.562. The summed E-state index contributed by atoms with van der Waals surface area (Å²) in [6.07, 6.45) is 4.30. The number of rotatable bonds is 5. The van der Waals surface area contributed by atoms with E-state index >= 15 is 0 Å². The summed E-state index contributed by atoms with van der Waals surface area (Å²) in [5.41, 5.74) is 7.75. The van der Waals surface area contributed by atoms with E-state index in [4.69, 9.17) is 5.73 Å². The van der Waals surface area contributed by atoms with Crippen molar-refractivity contribution >= 4 is 11.6 Å². The Bertz CT molecular complexity index is 439. The lowest BCUT2D eigenvalue weighted by Crippen LogP contribution is -2.29. The van der Waals surface area contributed by atoms with Crippen LogP contribution in [0.4, 0.5) is 5.69 Å².